The Morgan fingerprint density at radius 2 is 1.83 bits per heavy atom. The van der Waals surface area contributed by atoms with Gasteiger partial charge in [0.2, 0.25) is 0 Å². The molecule has 2 aliphatic rings. The smallest absolute Gasteiger partial charge is 0.416 e. The third kappa shape index (κ3) is 5.01. The summed E-state index contributed by atoms with van der Waals surface area (Å²) in [5.74, 6) is -0.800. The first-order valence-electron chi connectivity index (χ1n) is 9.44. The first-order valence-corrected chi connectivity index (χ1v) is 9.44. The summed E-state index contributed by atoms with van der Waals surface area (Å²) in [7, 11) is 0. The fourth-order valence-electron chi connectivity index (χ4n) is 4.17. The number of ether oxygens (including phenoxy) is 2. The number of hydrogen-bond donors (Lipinski definition) is 1. The molecular formula is C20H25F4NO4. The maximum Gasteiger partial charge on any atom is 0.416 e. The minimum Gasteiger partial charge on any atom is -0.444 e. The van der Waals surface area contributed by atoms with E-state index < -0.39 is 46.9 Å². The lowest BCUT2D eigenvalue weighted by Crippen LogP contribution is -2.64. The maximum absolute atomic E-state index is 13.6. The van der Waals surface area contributed by atoms with E-state index in [1.54, 1.807) is 20.8 Å². The van der Waals surface area contributed by atoms with Crippen molar-refractivity contribution in [2.75, 3.05) is 13.2 Å². The van der Waals surface area contributed by atoms with Crippen LogP contribution in [0.1, 0.15) is 44.7 Å². The molecule has 1 amide bonds. The number of hydrogen-bond acceptors (Lipinski definition) is 4. The fraction of sp³-hybridized carbons (Fsp3) is 0.650. The van der Waals surface area contributed by atoms with Crippen LogP contribution in [0.3, 0.4) is 0 Å². The van der Waals surface area contributed by atoms with Crippen LogP contribution >= 0.6 is 0 Å². The first-order chi connectivity index (χ1) is 13.3. The standard InChI is InChI=1S/C20H25F4NO4/c1-18(2,3)29-17(26)25-14-8-19(27,9-15(25)11-28-10-14)7-12-6-13(21)4-5-16(12)20(22,23)24/h4-6,14-15,27H,7-11H2,1-3H3. The molecule has 2 unspecified atom stereocenters. The van der Waals surface area contributed by atoms with Crippen LogP contribution in [0.25, 0.3) is 0 Å². The van der Waals surface area contributed by atoms with Crippen molar-refractivity contribution in [3.05, 3.63) is 35.1 Å². The molecule has 5 nitrogen and oxygen atoms in total. The number of aliphatic hydroxyl groups is 1. The van der Waals surface area contributed by atoms with Crippen LogP contribution in [0.4, 0.5) is 22.4 Å². The van der Waals surface area contributed by atoms with Crippen LogP contribution in [0.5, 0.6) is 0 Å². The van der Waals surface area contributed by atoms with E-state index >= 15 is 0 Å². The number of halogens is 4. The van der Waals surface area contributed by atoms with Crippen molar-refractivity contribution in [3.8, 4) is 0 Å². The van der Waals surface area contributed by atoms with Crippen molar-refractivity contribution in [2.24, 2.45) is 0 Å². The highest BCUT2D eigenvalue weighted by atomic mass is 19.4. The van der Waals surface area contributed by atoms with E-state index in [2.05, 4.69) is 0 Å². The Bertz CT molecular complexity index is 761. The number of alkyl halides is 3. The molecule has 0 spiro atoms. The molecule has 2 bridgehead atoms. The molecule has 2 heterocycles. The Balaban J connectivity index is 1.84. The first kappa shape index (κ1) is 21.8. The number of piperidine rings is 1. The number of nitrogens with zero attached hydrogens (tertiary/aromatic N) is 1. The van der Waals surface area contributed by atoms with Gasteiger partial charge in [-0.15, -0.1) is 0 Å². The van der Waals surface area contributed by atoms with Gasteiger partial charge in [0.1, 0.15) is 11.4 Å². The van der Waals surface area contributed by atoms with Gasteiger partial charge in [-0.25, -0.2) is 9.18 Å². The summed E-state index contributed by atoms with van der Waals surface area (Å²) in [6.45, 7) is 5.50. The molecule has 0 radical (unpaired) electrons. The normalized spacial score (nSPS) is 27.7. The van der Waals surface area contributed by atoms with Gasteiger partial charge < -0.3 is 14.6 Å². The Morgan fingerprint density at radius 1 is 1.24 bits per heavy atom. The van der Waals surface area contributed by atoms with Crippen molar-refractivity contribution in [1.82, 2.24) is 4.90 Å². The maximum atomic E-state index is 13.6. The van der Waals surface area contributed by atoms with Crippen LogP contribution in [0.2, 0.25) is 0 Å². The van der Waals surface area contributed by atoms with Crippen molar-refractivity contribution in [1.29, 1.82) is 0 Å². The van der Waals surface area contributed by atoms with Gasteiger partial charge in [-0.1, -0.05) is 0 Å². The number of carbonyl (C=O) groups is 1. The van der Waals surface area contributed by atoms with Crippen LogP contribution in [0.15, 0.2) is 18.2 Å². The predicted octanol–water partition coefficient (Wildman–Crippen LogP) is 3.92. The Hall–Kier alpha value is -1.87. The number of fused-ring (bicyclic) bond motifs is 2. The van der Waals surface area contributed by atoms with Gasteiger partial charge in [-0.05, 0) is 57.4 Å². The van der Waals surface area contributed by atoms with Gasteiger partial charge >= 0.3 is 12.3 Å². The van der Waals surface area contributed by atoms with E-state index in [1.165, 1.54) is 4.90 Å². The molecule has 9 heteroatoms. The number of benzene rings is 1. The van der Waals surface area contributed by atoms with Gasteiger partial charge in [0.05, 0.1) is 36.5 Å². The number of amides is 1. The van der Waals surface area contributed by atoms with Gasteiger partial charge in [0.15, 0.2) is 0 Å². The molecule has 162 valence electrons. The Labute approximate surface area is 166 Å². The zero-order valence-corrected chi connectivity index (χ0v) is 16.6. The van der Waals surface area contributed by atoms with Crippen LogP contribution in [-0.4, -0.2) is 52.6 Å². The third-order valence-electron chi connectivity index (χ3n) is 5.13. The van der Waals surface area contributed by atoms with Gasteiger partial charge in [-0.2, -0.15) is 13.2 Å². The molecule has 1 aromatic carbocycles. The third-order valence-corrected chi connectivity index (χ3v) is 5.13. The SMILES string of the molecule is CC(C)(C)OC(=O)N1C2COCC1CC(O)(Cc1cc(F)ccc1C(F)(F)F)C2. The lowest BCUT2D eigenvalue weighted by Gasteiger charge is -2.51. The summed E-state index contributed by atoms with van der Waals surface area (Å²) in [4.78, 5) is 14.1. The molecular weight excluding hydrogens is 394 g/mol. The second kappa shape index (κ2) is 7.43. The topological polar surface area (TPSA) is 59.0 Å². The monoisotopic (exact) mass is 419 g/mol. The number of morpholine rings is 1. The number of rotatable bonds is 2. The predicted molar refractivity (Wildman–Crippen MR) is 95.8 cm³/mol. The quantitative estimate of drug-likeness (QED) is 0.739. The zero-order chi connectivity index (χ0) is 21.6. The fourth-order valence-corrected chi connectivity index (χ4v) is 4.17. The molecule has 29 heavy (non-hydrogen) atoms. The van der Waals surface area contributed by atoms with Crippen molar-refractivity contribution in [2.45, 2.75) is 69.5 Å². The Kier molecular flexibility index (Phi) is 5.59. The average Bonchev–Trinajstić information content (AvgIpc) is 2.50. The zero-order valence-electron chi connectivity index (χ0n) is 16.6. The highest BCUT2D eigenvalue weighted by molar-refractivity contribution is 5.69. The highest BCUT2D eigenvalue weighted by Gasteiger charge is 2.49. The molecule has 2 aliphatic heterocycles. The number of carbonyl (C=O) groups excluding carboxylic acids is 1. The highest BCUT2D eigenvalue weighted by Crippen LogP contribution is 2.40. The average molecular weight is 419 g/mol. The van der Waals surface area contributed by atoms with E-state index in [1.807, 2.05) is 0 Å². The lowest BCUT2D eigenvalue weighted by molar-refractivity contribution is -0.143. The van der Waals surface area contributed by atoms with Gasteiger partial charge in [0.25, 0.3) is 0 Å². The van der Waals surface area contributed by atoms with E-state index in [0.717, 1.165) is 12.1 Å². The van der Waals surface area contributed by atoms with Crippen molar-refractivity contribution >= 4 is 6.09 Å². The summed E-state index contributed by atoms with van der Waals surface area (Å²) in [6.07, 6.45) is -5.54. The van der Waals surface area contributed by atoms with Crippen molar-refractivity contribution in [3.63, 3.8) is 0 Å². The molecule has 1 N–H and O–H groups in total. The molecule has 1 aromatic rings. The minimum atomic E-state index is -4.66. The molecule has 2 atom stereocenters. The van der Waals surface area contributed by atoms with Crippen LogP contribution in [0, 0.1) is 5.82 Å². The summed E-state index contributed by atoms with van der Waals surface area (Å²) in [5.41, 5.74) is -3.50. The lowest BCUT2D eigenvalue weighted by atomic mass is 9.77. The molecule has 3 rings (SSSR count). The summed E-state index contributed by atoms with van der Waals surface area (Å²) in [5, 5.41) is 11.1. The van der Waals surface area contributed by atoms with Gasteiger partial charge in [-0.3, -0.25) is 4.90 Å². The van der Waals surface area contributed by atoms with Gasteiger partial charge in [0, 0.05) is 6.42 Å². The van der Waals surface area contributed by atoms with E-state index in [4.69, 9.17) is 9.47 Å². The van der Waals surface area contributed by atoms with E-state index in [0.29, 0.717) is 6.07 Å². The second-order valence-corrected chi connectivity index (χ2v) is 8.84. The molecule has 2 fully saturated rings. The largest absolute Gasteiger partial charge is 0.444 e. The van der Waals surface area contributed by atoms with Crippen molar-refractivity contribution < 1.29 is 36.9 Å². The summed E-state index contributed by atoms with van der Waals surface area (Å²) in [6, 6.07) is 1.18. The molecule has 0 saturated carbocycles. The Morgan fingerprint density at radius 3 is 2.34 bits per heavy atom. The van der Waals surface area contributed by atoms with E-state index in [9.17, 15) is 27.5 Å². The molecule has 0 aromatic heterocycles. The molecule has 2 saturated heterocycles. The molecule has 0 aliphatic carbocycles. The van der Waals surface area contributed by atoms with Crippen LogP contribution < -0.4 is 0 Å². The summed E-state index contributed by atoms with van der Waals surface area (Å²) >= 11 is 0. The second-order valence-electron chi connectivity index (χ2n) is 8.84. The minimum absolute atomic E-state index is 0.0105. The van der Waals surface area contributed by atoms with Crippen LogP contribution in [-0.2, 0) is 22.1 Å². The summed E-state index contributed by atoms with van der Waals surface area (Å²) < 4.78 is 64.5. The van der Waals surface area contributed by atoms with E-state index in [-0.39, 0.29) is 38.0 Å².